The molecule has 2 amide bonds. The first-order valence-corrected chi connectivity index (χ1v) is 6.73. The largest absolute Gasteiger partial charge is 0.355 e. The molecule has 2 rings (SSSR count). The minimum absolute atomic E-state index is 0.216. The molecular formula is C15H17N3O2. The van der Waals surface area contributed by atoms with Crippen molar-refractivity contribution in [2.45, 2.75) is 26.2 Å². The van der Waals surface area contributed by atoms with Gasteiger partial charge >= 0.3 is 0 Å². The van der Waals surface area contributed by atoms with E-state index in [1.807, 2.05) is 13.0 Å². The Morgan fingerprint density at radius 3 is 2.60 bits per heavy atom. The molecular weight excluding hydrogens is 254 g/mol. The van der Waals surface area contributed by atoms with E-state index in [0.717, 1.165) is 6.42 Å². The molecule has 0 aromatic heterocycles. The number of carbonyl (C=O) groups excluding carboxylic acids is 2. The van der Waals surface area contributed by atoms with Gasteiger partial charge in [-0.25, -0.2) is 0 Å². The van der Waals surface area contributed by atoms with Crippen LogP contribution in [-0.2, 0) is 9.59 Å². The Labute approximate surface area is 118 Å². The second kappa shape index (κ2) is 5.74. The van der Waals surface area contributed by atoms with Crippen LogP contribution in [0.3, 0.4) is 0 Å². The molecule has 5 nitrogen and oxygen atoms in total. The lowest BCUT2D eigenvalue weighted by atomic mass is 10.0. The molecule has 0 heterocycles. The summed E-state index contributed by atoms with van der Waals surface area (Å²) in [6, 6.07) is 8.79. The normalized spacial score (nSPS) is 15.0. The van der Waals surface area contributed by atoms with Gasteiger partial charge in [-0.15, -0.1) is 0 Å². The third-order valence-corrected chi connectivity index (χ3v) is 3.45. The van der Waals surface area contributed by atoms with Crippen LogP contribution in [0.2, 0.25) is 0 Å². The fraction of sp³-hybridized carbons (Fsp3) is 0.400. The molecule has 2 N–H and O–H groups in total. The second-order valence-corrected chi connectivity index (χ2v) is 4.95. The zero-order chi connectivity index (χ0) is 14.6. The van der Waals surface area contributed by atoms with Crippen LogP contribution in [0.1, 0.15) is 31.7 Å². The topological polar surface area (TPSA) is 82.0 Å². The predicted octanol–water partition coefficient (Wildman–Crippen LogP) is 1.80. The summed E-state index contributed by atoms with van der Waals surface area (Å²) in [5.74, 6) is -0.542. The zero-order valence-corrected chi connectivity index (χ0v) is 11.4. The molecule has 1 saturated carbocycles. The van der Waals surface area contributed by atoms with Crippen molar-refractivity contribution in [3.8, 4) is 6.07 Å². The Kier molecular flexibility index (Phi) is 4.04. The molecule has 5 heteroatoms. The summed E-state index contributed by atoms with van der Waals surface area (Å²) in [4.78, 5) is 24.3. The Morgan fingerprint density at radius 1 is 1.30 bits per heavy atom. The minimum Gasteiger partial charge on any atom is -0.355 e. The van der Waals surface area contributed by atoms with Crippen molar-refractivity contribution >= 4 is 17.5 Å². The molecule has 0 atom stereocenters. The van der Waals surface area contributed by atoms with Crippen molar-refractivity contribution < 1.29 is 9.59 Å². The Balaban J connectivity index is 2.09. The molecule has 1 aromatic rings. The van der Waals surface area contributed by atoms with Crippen LogP contribution in [0.15, 0.2) is 24.3 Å². The summed E-state index contributed by atoms with van der Waals surface area (Å²) in [5.41, 5.74) is -0.0993. The van der Waals surface area contributed by atoms with Gasteiger partial charge in [0.05, 0.1) is 11.3 Å². The van der Waals surface area contributed by atoms with E-state index in [2.05, 4.69) is 10.6 Å². The SMILES string of the molecule is CCCNC(=O)C1(C(=O)Nc2ccccc2C#N)CC1. The summed E-state index contributed by atoms with van der Waals surface area (Å²) in [7, 11) is 0. The number of hydrogen-bond donors (Lipinski definition) is 2. The van der Waals surface area contributed by atoms with Gasteiger partial charge in [-0.2, -0.15) is 5.26 Å². The zero-order valence-electron chi connectivity index (χ0n) is 11.4. The highest BCUT2D eigenvalue weighted by atomic mass is 16.2. The lowest BCUT2D eigenvalue weighted by Crippen LogP contribution is -2.40. The Hall–Kier alpha value is -2.35. The highest BCUT2D eigenvalue weighted by Gasteiger charge is 2.56. The van der Waals surface area contributed by atoms with Gasteiger partial charge in [0.25, 0.3) is 0 Å². The number of hydrogen-bond acceptors (Lipinski definition) is 3. The van der Waals surface area contributed by atoms with Crippen molar-refractivity contribution in [1.29, 1.82) is 5.26 Å². The molecule has 1 aromatic carbocycles. The first kappa shape index (κ1) is 14.1. The quantitative estimate of drug-likeness (QED) is 0.801. The van der Waals surface area contributed by atoms with Gasteiger partial charge in [0.15, 0.2) is 0 Å². The second-order valence-electron chi connectivity index (χ2n) is 4.95. The molecule has 0 radical (unpaired) electrons. The fourth-order valence-electron chi connectivity index (χ4n) is 2.02. The monoisotopic (exact) mass is 271 g/mol. The predicted molar refractivity (Wildman–Crippen MR) is 74.8 cm³/mol. The standard InChI is InChI=1S/C15H17N3O2/c1-2-9-17-13(19)15(7-8-15)14(20)18-12-6-4-3-5-11(12)10-16/h3-6H,2,7-9H2,1H3,(H,17,19)(H,18,20). The molecule has 1 aliphatic rings. The molecule has 1 aliphatic carbocycles. The lowest BCUT2D eigenvalue weighted by molar-refractivity contribution is -0.134. The van der Waals surface area contributed by atoms with Gasteiger partial charge in [0.2, 0.25) is 11.8 Å². The van der Waals surface area contributed by atoms with Gasteiger partial charge in [0, 0.05) is 6.54 Å². The van der Waals surface area contributed by atoms with Gasteiger partial charge in [-0.1, -0.05) is 19.1 Å². The van der Waals surface area contributed by atoms with Crippen molar-refractivity contribution in [2.75, 3.05) is 11.9 Å². The van der Waals surface area contributed by atoms with E-state index in [1.165, 1.54) is 0 Å². The molecule has 0 saturated heterocycles. The summed E-state index contributed by atoms with van der Waals surface area (Å²) in [6.45, 7) is 2.53. The van der Waals surface area contributed by atoms with E-state index < -0.39 is 5.41 Å². The first-order valence-electron chi connectivity index (χ1n) is 6.73. The number of para-hydroxylation sites is 1. The molecule has 104 valence electrons. The van der Waals surface area contributed by atoms with E-state index in [1.54, 1.807) is 24.3 Å². The number of anilines is 1. The third kappa shape index (κ3) is 2.64. The number of carbonyl (C=O) groups is 2. The summed E-state index contributed by atoms with van der Waals surface area (Å²) >= 11 is 0. The maximum absolute atomic E-state index is 12.3. The number of rotatable bonds is 5. The van der Waals surface area contributed by atoms with Crippen molar-refractivity contribution in [1.82, 2.24) is 5.32 Å². The summed E-state index contributed by atoms with van der Waals surface area (Å²) in [6.07, 6.45) is 1.95. The van der Waals surface area contributed by atoms with Crippen LogP contribution in [0.4, 0.5) is 5.69 Å². The summed E-state index contributed by atoms with van der Waals surface area (Å²) < 4.78 is 0. The van der Waals surface area contributed by atoms with Gasteiger partial charge in [-0.3, -0.25) is 9.59 Å². The van der Waals surface area contributed by atoms with E-state index in [-0.39, 0.29) is 11.8 Å². The van der Waals surface area contributed by atoms with E-state index >= 15 is 0 Å². The van der Waals surface area contributed by atoms with Crippen LogP contribution in [0.5, 0.6) is 0 Å². The Morgan fingerprint density at radius 2 is 2.00 bits per heavy atom. The van der Waals surface area contributed by atoms with Crippen LogP contribution < -0.4 is 10.6 Å². The molecule has 1 fully saturated rings. The minimum atomic E-state index is -0.947. The number of nitrogens with zero attached hydrogens (tertiary/aromatic N) is 1. The maximum Gasteiger partial charge on any atom is 0.240 e. The fourth-order valence-corrected chi connectivity index (χ4v) is 2.02. The van der Waals surface area contributed by atoms with Crippen LogP contribution in [-0.4, -0.2) is 18.4 Å². The van der Waals surface area contributed by atoms with Gasteiger partial charge in [0.1, 0.15) is 11.5 Å². The maximum atomic E-state index is 12.3. The van der Waals surface area contributed by atoms with E-state index in [9.17, 15) is 9.59 Å². The van der Waals surface area contributed by atoms with Crippen molar-refractivity contribution in [3.63, 3.8) is 0 Å². The average molecular weight is 271 g/mol. The molecule has 0 spiro atoms. The van der Waals surface area contributed by atoms with Crippen LogP contribution >= 0.6 is 0 Å². The number of amides is 2. The highest BCUT2D eigenvalue weighted by Crippen LogP contribution is 2.46. The van der Waals surface area contributed by atoms with Crippen molar-refractivity contribution in [3.05, 3.63) is 29.8 Å². The molecule has 0 bridgehead atoms. The number of benzene rings is 1. The Bertz CT molecular complexity index is 571. The summed E-state index contributed by atoms with van der Waals surface area (Å²) in [5, 5.41) is 14.5. The average Bonchev–Trinajstić information content (AvgIpc) is 3.27. The molecule has 0 unspecified atom stereocenters. The van der Waals surface area contributed by atoms with E-state index in [4.69, 9.17) is 5.26 Å². The molecule has 20 heavy (non-hydrogen) atoms. The first-order chi connectivity index (χ1) is 9.64. The highest BCUT2D eigenvalue weighted by molar-refractivity contribution is 6.13. The number of nitrogens with one attached hydrogen (secondary N) is 2. The van der Waals surface area contributed by atoms with Crippen LogP contribution in [0.25, 0.3) is 0 Å². The number of nitriles is 1. The molecule has 0 aliphatic heterocycles. The van der Waals surface area contributed by atoms with E-state index in [0.29, 0.717) is 30.6 Å². The smallest absolute Gasteiger partial charge is 0.240 e. The van der Waals surface area contributed by atoms with Gasteiger partial charge < -0.3 is 10.6 Å². The van der Waals surface area contributed by atoms with Gasteiger partial charge in [-0.05, 0) is 31.4 Å². The third-order valence-electron chi connectivity index (χ3n) is 3.45. The lowest BCUT2D eigenvalue weighted by Gasteiger charge is -2.15. The van der Waals surface area contributed by atoms with Crippen molar-refractivity contribution in [2.24, 2.45) is 5.41 Å². The van der Waals surface area contributed by atoms with Crippen LogP contribution in [0, 0.1) is 16.7 Å².